The number of aliphatic imine (C=N–C) groups is 8. The van der Waals surface area contributed by atoms with Crippen molar-refractivity contribution in [1.82, 2.24) is 0 Å². The zero-order valence-electron chi connectivity index (χ0n) is 82.6. The van der Waals surface area contributed by atoms with E-state index in [-0.39, 0.29) is 71.2 Å². The zero-order chi connectivity index (χ0) is 108. The molecule has 15 aromatic carbocycles. The first-order valence-electron chi connectivity index (χ1n) is 46.1. The lowest BCUT2D eigenvalue weighted by atomic mass is 10.1. The Kier molecular flexibility index (Phi) is 50.9. The van der Waals surface area contributed by atoms with Crippen molar-refractivity contribution in [3.8, 4) is 46.0 Å². The highest BCUT2D eigenvalue weighted by Crippen LogP contribution is 2.36. The van der Waals surface area contributed by atoms with Crippen LogP contribution >= 0.6 is 152 Å². The summed E-state index contributed by atoms with van der Waals surface area (Å²) in [4.78, 5) is 57.7. The third-order valence-electron chi connectivity index (χ3n) is 20.8. The second-order valence-corrected chi connectivity index (χ2v) is 41.1. The number of para-hydroxylation sites is 1. The minimum Gasteiger partial charge on any atom is -0.507 e. The van der Waals surface area contributed by atoms with Gasteiger partial charge in [0.25, 0.3) is 0 Å². The van der Waals surface area contributed by atoms with Gasteiger partial charge in [-0.15, -0.1) is 0 Å². The van der Waals surface area contributed by atoms with E-state index in [1.54, 1.807) is 160 Å². The fourth-order valence-electron chi connectivity index (χ4n) is 13.2. The SMILES string of the molecule is C.CCOC(=O)c1ccc(N=Cc2cc(C)cc(Cl)c2O)cc1.CCOC(=O)c1cccc(N=Cc2cc(C)cc(I)c2O)c1.Cc1cc(Br)c(O)c(C=Nc2ccc(F)cc2)c1.Cc1cc(I)c(O)c(C=NCC2CC2)c1.Cc1cc(I)c(O)c(C=NCc2ccc(F)cc2)c1.Cc1cc(I)c(O)c(C=Nc2cccc(Cl)c2)c1.Cc1ccc(O)c(C=Nc2ccccc2)c1.Cc1cccc(N=Cc2cc(C)cc(I)c2O)c1. The van der Waals surface area contributed by atoms with E-state index < -0.39 is 0 Å². The minimum atomic E-state index is -0.368. The number of aryl methyl sites for hydroxylation is 9. The molecule has 0 radical (unpaired) electrons. The predicted octanol–water partition coefficient (Wildman–Crippen LogP) is 33.2. The summed E-state index contributed by atoms with van der Waals surface area (Å²) in [5.41, 5.74) is 21.6. The number of aromatic hydroxyl groups is 8. The summed E-state index contributed by atoms with van der Waals surface area (Å²) in [5.74, 6) is 1.27. The van der Waals surface area contributed by atoms with Gasteiger partial charge in [-0.2, -0.15) is 0 Å². The minimum absolute atomic E-state index is 0. The van der Waals surface area contributed by atoms with Gasteiger partial charge in [0.1, 0.15) is 57.6 Å². The first-order chi connectivity index (χ1) is 70.7. The summed E-state index contributed by atoms with van der Waals surface area (Å²) < 4.78 is 40.1. The third-order valence-corrected chi connectivity index (χ3v) is 26.0. The van der Waals surface area contributed by atoms with Gasteiger partial charge in [0.05, 0.1) is 92.4 Å². The number of ether oxygens (including phenoxy) is 2. The van der Waals surface area contributed by atoms with Crippen molar-refractivity contribution < 1.29 is 68.7 Å². The van der Waals surface area contributed by atoms with Gasteiger partial charge in [0, 0.05) is 106 Å². The van der Waals surface area contributed by atoms with Crippen LogP contribution in [0.15, 0.2) is 323 Å². The van der Waals surface area contributed by atoms with E-state index in [0.717, 1.165) is 114 Å². The molecule has 149 heavy (non-hydrogen) atoms. The zero-order valence-corrected chi connectivity index (χ0v) is 96.5. The first-order valence-corrected chi connectivity index (χ1v) is 53.0. The number of esters is 2. The van der Waals surface area contributed by atoms with Crippen molar-refractivity contribution in [3.05, 3.63) is 434 Å². The van der Waals surface area contributed by atoms with Crippen molar-refractivity contribution in [2.75, 3.05) is 19.8 Å². The second kappa shape index (κ2) is 62.3. The highest BCUT2D eigenvalue weighted by molar-refractivity contribution is 14.1. The third kappa shape index (κ3) is 42.1. The van der Waals surface area contributed by atoms with Crippen molar-refractivity contribution >= 4 is 248 Å². The van der Waals surface area contributed by atoms with Gasteiger partial charge >= 0.3 is 11.9 Å². The molecule has 30 heteroatoms. The van der Waals surface area contributed by atoms with E-state index in [2.05, 4.69) is 169 Å². The maximum Gasteiger partial charge on any atom is 0.338 e. The standard InChI is InChI=1S/C17H16ClNO3.C17H16INO3.C15H13FINO.C15H14INO.C14H11BrFNO.C14H11ClINO.C14H13NO.C12H14INO.CH4/c1-3-22-17(21)12-4-6-14(7-5-12)19-10-13-8-11(2)9-15(18)16(13)20;1-3-22-17(21)12-5-4-6-14(9-12)19-10-13-7-11(2)8-15(18)16(13)20;1-10-6-12(15(19)14(17)7-10)9-18-8-11-2-4-13(16)5-3-11;1-10-4-3-5-13(7-10)17-9-12-6-11(2)8-14(16)15(12)18;1-9-6-10(14(18)13(15)7-9)8-17-12-4-2-11(16)3-5-12;1-9-5-10(14(18)13(16)6-9)8-17-12-4-2-3-11(15)7-12;1-11-7-8-14(16)12(9-11)10-15-13-5-3-2-4-6-13;1-8-4-10(12(15)11(13)5-8)7-14-6-9-2-3-9;/h2*4-10,20H,3H2,1-2H3;2-7,9,19H,8H2,1H3;3-9,18H,1-2H3;2*2-8,18H,1H3;2-10,16H,1H3;4-5,7,9,15H,2-3,6H2,1H3;1H4. The molecule has 0 spiro atoms. The summed E-state index contributed by atoms with van der Waals surface area (Å²) in [5, 5.41) is 79.9. The molecule has 16 rings (SSSR count). The normalized spacial score (nSPS) is 11.4. The molecule has 1 fully saturated rings. The lowest BCUT2D eigenvalue weighted by molar-refractivity contribution is 0.0517. The largest absolute Gasteiger partial charge is 0.507 e. The van der Waals surface area contributed by atoms with Gasteiger partial charge in [-0.05, 0) is 492 Å². The van der Waals surface area contributed by atoms with E-state index >= 15 is 0 Å². The van der Waals surface area contributed by atoms with Crippen LogP contribution < -0.4 is 0 Å². The molecule has 20 nitrogen and oxygen atoms in total. The van der Waals surface area contributed by atoms with Gasteiger partial charge in [-0.1, -0.05) is 96.9 Å². The Bertz CT molecular complexity index is 7240. The molecule has 1 aliphatic rings. The Labute approximate surface area is 955 Å². The predicted molar refractivity (Wildman–Crippen MR) is 652 cm³/mol. The topological polar surface area (TPSA) is 313 Å². The highest BCUT2D eigenvalue weighted by atomic mass is 127. The van der Waals surface area contributed by atoms with Crippen molar-refractivity contribution in [2.45, 2.75) is 103 Å². The van der Waals surface area contributed by atoms with E-state index in [1.165, 1.54) is 48.9 Å². The number of carbonyl (C=O) groups excluding carboxylic acids is 2. The number of phenols is 8. The number of hydrogen-bond donors (Lipinski definition) is 8. The van der Waals surface area contributed by atoms with Crippen LogP contribution in [0.3, 0.4) is 0 Å². The van der Waals surface area contributed by atoms with Gasteiger partial charge in [0.15, 0.2) is 0 Å². The van der Waals surface area contributed by atoms with E-state index in [4.69, 9.17) is 32.7 Å². The average Bonchev–Trinajstić information content (AvgIpc) is 1.19. The summed E-state index contributed by atoms with van der Waals surface area (Å²) in [7, 11) is 0. The number of carbonyl (C=O) groups is 2. The van der Waals surface area contributed by atoms with E-state index in [1.807, 2.05) is 214 Å². The first kappa shape index (κ1) is 122. The Morgan fingerprint density at radius 1 is 0.336 bits per heavy atom. The van der Waals surface area contributed by atoms with Crippen LogP contribution in [0, 0.1) is 97.7 Å². The monoisotopic (exact) mass is 2670 g/mol. The number of benzene rings is 15. The van der Waals surface area contributed by atoms with Crippen LogP contribution in [0.1, 0.15) is 155 Å². The molecule has 0 heterocycles. The van der Waals surface area contributed by atoms with Gasteiger partial charge in [-0.3, -0.25) is 39.9 Å². The van der Waals surface area contributed by atoms with Crippen molar-refractivity contribution in [2.24, 2.45) is 45.9 Å². The fourth-order valence-corrected chi connectivity index (χ4v) is 18.3. The molecule has 8 N–H and O–H groups in total. The second-order valence-electron chi connectivity index (χ2n) is 33.6. The highest BCUT2D eigenvalue weighted by Gasteiger charge is 2.21. The lowest BCUT2D eigenvalue weighted by Gasteiger charge is -2.04. The number of phenolic OH excluding ortho intramolecular Hbond substituents is 8. The molecule has 1 saturated carbocycles. The van der Waals surface area contributed by atoms with Crippen molar-refractivity contribution in [3.63, 3.8) is 0 Å². The van der Waals surface area contributed by atoms with Crippen LogP contribution in [-0.2, 0) is 16.0 Å². The molecule has 0 aliphatic heterocycles. The molecule has 0 aromatic heterocycles. The Balaban J connectivity index is 0.000000208. The summed E-state index contributed by atoms with van der Waals surface area (Å²) in [6.45, 7) is 23.4. The van der Waals surface area contributed by atoms with Crippen LogP contribution in [0.25, 0.3) is 0 Å². The molecule has 0 amide bonds. The molecule has 0 unspecified atom stereocenters. The lowest BCUT2D eigenvalue weighted by Crippen LogP contribution is -2.03. The number of halogens is 10. The average molecular weight is 2670 g/mol. The molecular formula is C119H112BrCl2F2I5N8O12. The number of nitrogens with zero attached hydrogens (tertiary/aromatic N) is 8. The smallest absolute Gasteiger partial charge is 0.338 e. The quantitative estimate of drug-likeness (QED) is 0.0178. The van der Waals surface area contributed by atoms with Crippen molar-refractivity contribution in [1.29, 1.82) is 0 Å². The number of hydrogen-bond acceptors (Lipinski definition) is 20. The fraction of sp³-hybridized carbons (Fsp3) is 0.160. The van der Waals surface area contributed by atoms with Gasteiger partial charge in [0.2, 0.25) is 0 Å². The van der Waals surface area contributed by atoms with Crippen LogP contribution in [0.5, 0.6) is 46.0 Å². The van der Waals surface area contributed by atoms with Crippen LogP contribution in [0.4, 0.5) is 42.9 Å². The molecule has 15 aromatic rings. The number of rotatable bonds is 22. The Morgan fingerprint density at radius 2 is 0.671 bits per heavy atom. The molecule has 0 bridgehead atoms. The van der Waals surface area contributed by atoms with E-state index in [9.17, 15) is 59.2 Å². The summed E-state index contributed by atoms with van der Waals surface area (Å²) in [6.07, 6.45) is 15.8. The molecular weight excluding hydrogens is 2560 g/mol. The summed E-state index contributed by atoms with van der Waals surface area (Å²) >= 11 is 25.6. The molecule has 1 aliphatic carbocycles. The Morgan fingerprint density at radius 3 is 1.11 bits per heavy atom. The molecule has 0 saturated heterocycles. The maximum absolute atomic E-state index is 12.7. The van der Waals surface area contributed by atoms with Crippen LogP contribution in [-0.4, -0.2) is 122 Å². The maximum atomic E-state index is 12.7. The van der Waals surface area contributed by atoms with Crippen LogP contribution in [0.2, 0.25) is 10.0 Å². The molecule has 770 valence electrons. The molecule has 0 atom stereocenters. The van der Waals surface area contributed by atoms with Gasteiger partial charge < -0.3 is 50.3 Å². The summed E-state index contributed by atoms with van der Waals surface area (Å²) in [6, 6.07) is 82.3. The van der Waals surface area contributed by atoms with E-state index in [0.29, 0.717) is 96.0 Å². The Hall–Kier alpha value is -12.4. The van der Waals surface area contributed by atoms with Gasteiger partial charge in [-0.25, -0.2) is 18.4 Å².